The van der Waals surface area contributed by atoms with Crippen molar-refractivity contribution in [1.29, 1.82) is 0 Å². The summed E-state index contributed by atoms with van der Waals surface area (Å²) in [5.41, 5.74) is -4.26. The summed E-state index contributed by atoms with van der Waals surface area (Å²) in [5.74, 6) is -3.45. The number of hydrogen-bond acceptors (Lipinski definition) is 7. The Hall–Kier alpha value is -3.35. The average Bonchev–Trinajstić information content (AvgIpc) is 3.50. The number of thiophene rings is 1. The second-order valence-electron chi connectivity index (χ2n) is 8.02. The molecule has 8 nitrogen and oxygen atoms in total. The number of Topliss-reactive ketones (excluding diaryl/α,β-unsaturated/α-hetero) is 1. The smallest absolute Gasteiger partial charge is 0.416 e. The van der Waals surface area contributed by atoms with Crippen LogP contribution >= 0.6 is 11.3 Å². The second-order valence-corrected chi connectivity index (χ2v) is 9.19. The van der Waals surface area contributed by atoms with Gasteiger partial charge in [-0.3, -0.25) is 9.59 Å². The van der Waals surface area contributed by atoms with Gasteiger partial charge in [-0.1, -0.05) is 25.5 Å². The van der Waals surface area contributed by atoms with Crippen LogP contribution in [0.5, 0.6) is 5.75 Å². The molecule has 0 saturated carbocycles. The number of aryl methyl sites for hydroxylation is 1. The summed E-state index contributed by atoms with van der Waals surface area (Å²) in [6.07, 6.45) is -5.07. The number of hydrogen-bond donors (Lipinski definition) is 2. The number of unbranched alkanes of at least 4 members (excludes halogenated alkanes) is 1. The molecular formula is C23H25F4N5O3S. The first-order chi connectivity index (χ1) is 17.1. The van der Waals surface area contributed by atoms with E-state index in [-0.39, 0.29) is 23.1 Å². The number of halogens is 4. The Kier molecular flexibility index (Phi) is 8.77. The minimum atomic E-state index is -5.24. The van der Waals surface area contributed by atoms with Crippen LogP contribution in [0, 0.1) is 5.82 Å². The van der Waals surface area contributed by atoms with E-state index in [1.165, 1.54) is 12.1 Å². The maximum atomic E-state index is 15.2. The largest absolute Gasteiger partial charge is 0.493 e. The van der Waals surface area contributed by atoms with Gasteiger partial charge in [-0.25, -0.2) is 4.39 Å². The SMILES string of the molecule is CCCCOc1ccc([C@@](CC(=O)c2ccc(CC)s2)(NC(=O)Cc2nn[nH]n2)C(F)(F)F)c(F)c1. The van der Waals surface area contributed by atoms with Crippen molar-refractivity contribution in [3.8, 4) is 5.75 Å². The van der Waals surface area contributed by atoms with Crippen molar-refractivity contribution in [3.63, 3.8) is 0 Å². The van der Waals surface area contributed by atoms with Gasteiger partial charge in [-0.2, -0.15) is 18.4 Å². The van der Waals surface area contributed by atoms with Crippen molar-refractivity contribution >= 4 is 23.0 Å². The average molecular weight is 528 g/mol. The molecule has 1 atom stereocenters. The van der Waals surface area contributed by atoms with Gasteiger partial charge in [-0.05, 0) is 37.1 Å². The number of amides is 1. The summed E-state index contributed by atoms with van der Waals surface area (Å²) in [6, 6.07) is 5.96. The van der Waals surface area contributed by atoms with Crippen LogP contribution in [0.25, 0.3) is 0 Å². The Morgan fingerprint density at radius 1 is 1.17 bits per heavy atom. The van der Waals surface area contributed by atoms with Gasteiger partial charge in [0, 0.05) is 22.9 Å². The summed E-state index contributed by atoms with van der Waals surface area (Å²) in [4.78, 5) is 26.6. The van der Waals surface area contributed by atoms with Crippen LogP contribution in [-0.4, -0.2) is 45.1 Å². The fourth-order valence-electron chi connectivity index (χ4n) is 3.53. The Labute approximate surface area is 208 Å². The van der Waals surface area contributed by atoms with Crippen molar-refractivity contribution in [2.75, 3.05) is 6.61 Å². The number of carbonyl (C=O) groups is 2. The predicted molar refractivity (Wildman–Crippen MR) is 123 cm³/mol. The lowest BCUT2D eigenvalue weighted by Gasteiger charge is -2.36. The maximum Gasteiger partial charge on any atom is 0.416 e. The third kappa shape index (κ3) is 6.25. The maximum absolute atomic E-state index is 15.2. The van der Waals surface area contributed by atoms with E-state index in [0.717, 1.165) is 34.8 Å². The topological polar surface area (TPSA) is 110 Å². The van der Waals surface area contributed by atoms with E-state index in [1.807, 2.05) is 19.2 Å². The van der Waals surface area contributed by atoms with E-state index in [2.05, 4.69) is 20.6 Å². The fourth-order valence-corrected chi connectivity index (χ4v) is 4.41. The first-order valence-corrected chi connectivity index (χ1v) is 12.1. The quantitative estimate of drug-likeness (QED) is 0.204. The predicted octanol–water partition coefficient (Wildman–Crippen LogP) is 4.53. The van der Waals surface area contributed by atoms with Crippen LogP contribution in [0.3, 0.4) is 0 Å². The molecule has 0 spiro atoms. The van der Waals surface area contributed by atoms with E-state index in [0.29, 0.717) is 12.8 Å². The van der Waals surface area contributed by atoms with Gasteiger partial charge >= 0.3 is 6.18 Å². The number of alkyl halides is 3. The van der Waals surface area contributed by atoms with Gasteiger partial charge in [-0.15, -0.1) is 21.5 Å². The number of ether oxygens (including phenoxy) is 1. The van der Waals surface area contributed by atoms with E-state index in [4.69, 9.17) is 4.74 Å². The Bertz CT molecular complexity index is 1180. The van der Waals surface area contributed by atoms with Gasteiger partial charge in [0.05, 0.1) is 17.9 Å². The third-order valence-electron chi connectivity index (χ3n) is 5.42. The molecule has 2 aromatic heterocycles. The molecule has 13 heteroatoms. The van der Waals surface area contributed by atoms with Gasteiger partial charge in [0.25, 0.3) is 0 Å². The second kappa shape index (κ2) is 11.6. The molecule has 0 aliphatic heterocycles. The number of rotatable bonds is 12. The highest BCUT2D eigenvalue weighted by molar-refractivity contribution is 7.14. The molecule has 0 bridgehead atoms. The molecule has 36 heavy (non-hydrogen) atoms. The van der Waals surface area contributed by atoms with E-state index >= 15 is 4.39 Å². The number of benzene rings is 1. The molecule has 0 saturated heterocycles. The normalized spacial score (nSPS) is 13.3. The van der Waals surface area contributed by atoms with Crippen molar-refractivity contribution in [2.45, 2.75) is 57.7 Å². The van der Waals surface area contributed by atoms with Crippen molar-refractivity contribution < 1.29 is 31.9 Å². The minimum absolute atomic E-state index is 0.0380. The summed E-state index contributed by atoms with van der Waals surface area (Å²) in [7, 11) is 0. The Morgan fingerprint density at radius 3 is 2.53 bits per heavy atom. The highest BCUT2D eigenvalue weighted by Crippen LogP contribution is 2.44. The molecule has 3 aromatic rings. The molecule has 2 heterocycles. The highest BCUT2D eigenvalue weighted by Gasteiger charge is 2.59. The number of nitrogens with one attached hydrogen (secondary N) is 2. The highest BCUT2D eigenvalue weighted by atomic mass is 32.1. The lowest BCUT2D eigenvalue weighted by atomic mass is 9.83. The Balaban J connectivity index is 2.04. The van der Waals surface area contributed by atoms with Crippen molar-refractivity contribution in [1.82, 2.24) is 25.9 Å². The van der Waals surface area contributed by atoms with Gasteiger partial charge in [0.15, 0.2) is 17.1 Å². The molecule has 2 N–H and O–H groups in total. The zero-order valence-electron chi connectivity index (χ0n) is 19.6. The number of nitrogens with zero attached hydrogens (tertiary/aromatic N) is 3. The number of ketones is 1. The van der Waals surface area contributed by atoms with Crippen LogP contribution in [0.15, 0.2) is 30.3 Å². The monoisotopic (exact) mass is 527 g/mol. The standard InChI is InChI=1S/C23H25F4N5O3S/c1-3-5-10-35-14-6-8-16(17(24)11-14)22(23(25,26)27,28-21(34)12-20-29-31-32-30-20)13-18(33)19-9-7-15(4-2)36-19/h6-9,11H,3-5,10,12-13H2,1-2H3,(H,28,34)(H,29,30,31,32)/t22-/m1/s1. The molecule has 0 aliphatic rings. The minimum Gasteiger partial charge on any atom is -0.493 e. The summed E-state index contributed by atoms with van der Waals surface area (Å²) in [5, 5.41) is 14.4. The van der Waals surface area contributed by atoms with Gasteiger partial charge < -0.3 is 10.1 Å². The van der Waals surface area contributed by atoms with Gasteiger partial charge in [0.1, 0.15) is 11.6 Å². The van der Waals surface area contributed by atoms with Crippen LogP contribution in [-0.2, 0) is 23.2 Å². The first-order valence-electron chi connectivity index (χ1n) is 11.2. The molecule has 1 amide bonds. The zero-order chi connectivity index (χ0) is 26.3. The summed E-state index contributed by atoms with van der Waals surface area (Å²) < 4.78 is 64.9. The van der Waals surface area contributed by atoms with Crippen LogP contribution in [0.4, 0.5) is 17.6 Å². The van der Waals surface area contributed by atoms with E-state index in [1.54, 1.807) is 6.07 Å². The summed E-state index contributed by atoms with van der Waals surface area (Å²) >= 11 is 1.05. The lowest BCUT2D eigenvalue weighted by Crippen LogP contribution is -2.58. The molecule has 0 aliphatic carbocycles. The summed E-state index contributed by atoms with van der Waals surface area (Å²) in [6.45, 7) is 4.03. The number of aromatic amines is 1. The number of H-pyrrole nitrogens is 1. The van der Waals surface area contributed by atoms with Crippen molar-refractivity contribution in [3.05, 3.63) is 57.3 Å². The number of aromatic nitrogens is 4. The van der Waals surface area contributed by atoms with Crippen molar-refractivity contribution in [2.24, 2.45) is 0 Å². The van der Waals surface area contributed by atoms with Crippen LogP contribution < -0.4 is 10.1 Å². The molecule has 1 aromatic carbocycles. The zero-order valence-corrected chi connectivity index (χ0v) is 20.4. The van der Waals surface area contributed by atoms with Crippen LogP contribution in [0.2, 0.25) is 0 Å². The van der Waals surface area contributed by atoms with E-state index < -0.39 is 47.6 Å². The molecule has 194 valence electrons. The van der Waals surface area contributed by atoms with Gasteiger partial charge in [0.2, 0.25) is 5.91 Å². The molecule has 0 fully saturated rings. The molecule has 3 rings (SSSR count). The molecular weight excluding hydrogens is 502 g/mol. The third-order valence-corrected chi connectivity index (χ3v) is 6.69. The number of tetrazole rings is 1. The molecule has 0 unspecified atom stereocenters. The number of carbonyl (C=O) groups excluding carboxylic acids is 2. The first kappa shape index (κ1) is 27.2. The van der Waals surface area contributed by atoms with Crippen LogP contribution in [0.1, 0.15) is 59.0 Å². The fraction of sp³-hybridized carbons (Fsp3) is 0.435. The Morgan fingerprint density at radius 2 is 1.94 bits per heavy atom. The molecule has 0 radical (unpaired) electrons. The lowest BCUT2D eigenvalue weighted by molar-refractivity contribution is -0.202. The van der Waals surface area contributed by atoms with E-state index in [9.17, 15) is 22.8 Å².